The van der Waals surface area contributed by atoms with E-state index in [9.17, 15) is 14.4 Å². The second-order valence-electron chi connectivity index (χ2n) is 5.69. The topological polar surface area (TPSA) is 119 Å². The zero-order valence-electron chi connectivity index (χ0n) is 14.4. The van der Waals surface area contributed by atoms with E-state index < -0.39 is 23.8 Å². The number of hydrogen-bond donors (Lipinski definition) is 2. The van der Waals surface area contributed by atoms with Crippen molar-refractivity contribution >= 4 is 40.4 Å². The van der Waals surface area contributed by atoms with E-state index in [1.54, 1.807) is 19.2 Å². The highest BCUT2D eigenvalue weighted by atomic mass is 35.5. The Morgan fingerprint density at radius 3 is 2.69 bits per heavy atom. The van der Waals surface area contributed by atoms with E-state index in [1.165, 1.54) is 6.92 Å². The Hall–Kier alpha value is -2.61. The minimum absolute atomic E-state index is 0.0412. The molecule has 1 aromatic heterocycles. The van der Waals surface area contributed by atoms with Gasteiger partial charge >= 0.3 is 17.9 Å². The number of carbonyl (C=O) groups is 3. The fraction of sp³-hybridized carbons (Fsp3) is 0.412. The highest BCUT2D eigenvalue weighted by Crippen LogP contribution is 2.31. The quantitative estimate of drug-likeness (QED) is 0.673. The van der Waals surface area contributed by atoms with Crippen molar-refractivity contribution in [2.45, 2.75) is 33.3 Å². The van der Waals surface area contributed by atoms with Gasteiger partial charge in [-0.1, -0.05) is 11.6 Å². The smallest absolute Gasteiger partial charge is 0.309 e. The first-order valence-electron chi connectivity index (χ1n) is 7.98. The van der Waals surface area contributed by atoms with Gasteiger partial charge in [-0.15, -0.1) is 0 Å². The normalized spacial score (nSPS) is 12.0. The van der Waals surface area contributed by atoms with Crippen LogP contribution in [0.15, 0.2) is 12.3 Å². The number of esters is 2. The van der Waals surface area contributed by atoms with Crippen LogP contribution >= 0.6 is 11.6 Å². The van der Waals surface area contributed by atoms with Gasteiger partial charge < -0.3 is 14.6 Å². The van der Waals surface area contributed by atoms with Gasteiger partial charge in [-0.05, 0) is 25.0 Å². The molecule has 0 saturated heterocycles. The highest BCUT2D eigenvalue weighted by Gasteiger charge is 2.26. The van der Waals surface area contributed by atoms with Crippen LogP contribution < -0.4 is 0 Å². The van der Waals surface area contributed by atoms with Crippen molar-refractivity contribution in [3.05, 3.63) is 28.4 Å². The molecule has 140 valence electrons. The average Bonchev–Trinajstić information content (AvgIpc) is 3.03. The Kier molecular flexibility index (Phi) is 6.57. The minimum Gasteiger partial charge on any atom is -0.481 e. The van der Waals surface area contributed by atoms with Crippen LogP contribution in [0.1, 0.15) is 31.4 Å². The second-order valence-corrected chi connectivity index (χ2v) is 6.09. The summed E-state index contributed by atoms with van der Waals surface area (Å²) in [6.07, 6.45) is 1.25. The lowest BCUT2D eigenvalue weighted by molar-refractivity contribution is -0.152. The Morgan fingerprint density at radius 1 is 1.35 bits per heavy atom. The number of hydrogen-bond acceptors (Lipinski definition) is 6. The summed E-state index contributed by atoms with van der Waals surface area (Å²) in [4.78, 5) is 34.5. The number of aromatic nitrogens is 2. The molecule has 0 amide bonds. The number of fused-ring (bicyclic) bond motifs is 1. The van der Waals surface area contributed by atoms with Crippen molar-refractivity contribution in [1.82, 2.24) is 10.2 Å². The maximum atomic E-state index is 12.1. The van der Waals surface area contributed by atoms with E-state index in [0.29, 0.717) is 27.1 Å². The summed E-state index contributed by atoms with van der Waals surface area (Å²) < 4.78 is 10.1. The number of carboxylic acid groups (broad SMARTS) is 1. The standard InChI is InChI=1S/C17H19ClN2O6/c1-3-25-17(24)11(6-15(22)23)4-10-5-14(18)16-12(7-19-20-16)13(10)8-26-9(2)21/h5,7,11H,3-4,6,8H2,1-2H3,(H,19,20)(H,22,23). The van der Waals surface area contributed by atoms with E-state index in [0.717, 1.165) is 0 Å². The Balaban J connectivity index is 2.44. The third kappa shape index (κ3) is 4.72. The van der Waals surface area contributed by atoms with Gasteiger partial charge in [-0.3, -0.25) is 19.5 Å². The van der Waals surface area contributed by atoms with Gasteiger partial charge in [0.1, 0.15) is 6.61 Å². The SMILES string of the molecule is CCOC(=O)C(CC(=O)O)Cc1cc(Cl)c2[nH]ncc2c1COC(C)=O. The van der Waals surface area contributed by atoms with Gasteiger partial charge in [0.05, 0.1) is 35.7 Å². The van der Waals surface area contributed by atoms with Gasteiger partial charge in [-0.2, -0.15) is 5.10 Å². The molecule has 0 saturated carbocycles. The number of nitrogens with one attached hydrogen (secondary N) is 1. The maximum absolute atomic E-state index is 12.1. The third-order valence-corrected chi connectivity index (χ3v) is 4.12. The van der Waals surface area contributed by atoms with Crippen LogP contribution in [-0.2, 0) is 36.9 Å². The largest absolute Gasteiger partial charge is 0.481 e. The molecule has 0 bridgehead atoms. The van der Waals surface area contributed by atoms with Crippen LogP contribution in [0, 0.1) is 5.92 Å². The van der Waals surface area contributed by atoms with Crippen molar-refractivity contribution < 1.29 is 29.0 Å². The Morgan fingerprint density at radius 2 is 2.08 bits per heavy atom. The van der Waals surface area contributed by atoms with Crippen molar-refractivity contribution in [2.24, 2.45) is 5.92 Å². The number of aromatic amines is 1. The van der Waals surface area contributed by atoms with Crippen molar-refractivity contribution in [1.29, 1.82) is 0 Å². The molecule has 1 aromatic carbocycles. The number of nitrogens with zero attached hydrogens (tertiary/aromatic N) is 1. The summed E-state index contributed by atoms with van der Waals surface area (Å²) in [6.45, 7) is 3.04. The fourth-order valence-electron chi connectivity index (χ4n) is 2.68. The summed E-state index contributed by atoms with van der Waals surface area (Å²) in [7, 11) is 0. The van der Waals surface area contributed by atoms with Crippen LogP contribution in [0.3, 0.4) is 0 Å². The lowest BCUT2D eigenvalue weighted by atomic mass is 9.92. The summed E-state index contributed by atoms with van der Waals surface area (Å²) in [5, 5.41) is 16.8. The number of carboxylic acids is 1. The maximum Gasteiger partial charge on any atom is 0.309 e. The number of benzene rings is 1. The molecule has 0 radical (unpaired) electrons. The number of H-pyrrole nitrogens is 1. The van der Waals surface area contributed by atoms with E-state index in [1.807, 2.05) is 0 Å². The molecule has 0 aliphatic rings. The molecule has 0 fully saturated rings. The minimum atomic E-state index is -1.11. The molecular weight excluding hydrogens is 364 g/mol. The van der Waals surface area contributed by atoms with Crippen molar-refractivity contribution in [3.8, 4) is 0 Å². The first-order valence-corrected chi connectivity index (χ1v) is 8.36. The monoisotopic (exact) mass is 382 g/mol. The molecule has 2 aromatic rings. The second kappa shape index (κ2) is 8.66. The van der Waals surface area contributed by atoms with Gasteiger partial charge in [0.2, 0.25) is 0 Å². The molecule has 8 nitrogen and oxygen atoms in total. The van der Waals surface area contributed by atoms with Crippen molar-refractivity contribution in [3.63, 3.8) is 0 Å². The molecule has 0 aliphatic carbocycles. The first kappa shape index (κ1) is 19.7. The van der Waals surface area contributed by atoms with Gasteiger partial charge in [-0.25, -0.2) is 0 Å². The van der Waals surface area contributed by atoms with Gasteiger partial charge in [0.15, 0.2) is 0 Å². The highest BCUT2D eigenvalue weighted by molar-refractivity contribution is 6.35. The predicted molar refractivity (Wildman–Crippen MR) is 92.7 cm³/mol. The van der Waals surface area contributed by atoms with Crippen LogP contribution in [0.4, 0.5) is 0 Å². The number of aliphatic carboxylic acids is 1. The fourth-order valence-corrected chi connectivity index (χ4v) is 2.96. The molecule has 0 spiro atoms. The Labute approximate surface area is 154 Å². The number of carbonyl (C=O) groups excluding carboxylic acids is 2. The van der Waals surface area contributed by atoms with Crippen LogP contribution in [0.2, 0.25) is 5.02 Å². The molecule has 9 heteroatoms. The van der Waals surface area contributed by atoms with Gasteiger partial charge in [0, 0.05) is 17.9 Å². The molecular formula is C17H19ClN2O6. The van der Waals surface area contributed by atoms with Crippen LogP contribution in [0.25, 0.3) is 10.9 Å². The first-order chi connectivity index (χ1) is 12.3. The summed E-state index contributed by atoms with van der Waals surface area (Å²) in [6, 6.07) is 1.62. The molecule has 0 aliphatic heterocycles. The molecule has 2 N–H and O–H groups in total. The molecule has 1 heterocycles. The lowest BCUT2D eigenvalue weighted by Gasteiger charge is -2.17. The van der Waals surface area contributed by atoms with Crippen LogP contribution in [-0.4, -0.2) is 39.8 Å². The predicted octanol–water partition coefficient (Wildman–Crippen LogP) is 2.48. The average molecular weight is 383 g/mol. The van der Waals surface area contributed by atoms with Crippen molar-refractivity contribution in [2.75, 3.05) is 6.61 Å². The number of rotatable bonds is 8. The lowest BCUT2D eigenvalue weighted by Crippen LogP contribution is -2.23. The van der Waals surface area contributed by atoms with Gasteiger partial charge in [0.25, 0.3) is 0 Å². The molecule has 1 unspecified atom stereocenters. The molecule has 2 rings (SSSR count). The number of ether oxygens (including phenoxy) is 2. The number of halogens is 1. The molecule has 1 atom stereocenters. The van der Waals surface area contributed by atoms with E-state index >= 15 is 0 Å². The third-order valence-electron chi connectivity index (χ3n) is 3.82. The zero-order chi connectivity index (χ0) is 19.3. The van der Waals surface area contributed by atoms with Crippen LogP contribution in [0.5, 0.6) is 0 Å². The van der Waals surface area contributed by atoms with E-state index in [4.69, 9.17) is 26.2 Å². The molecule has 26 heavy (non-hydrogen) atoms. The van der Waals surface area contributed by atoms with E-state index in [2.05, 4.69) is 10.2 Å². The Bertz CT molecular complexity index is 832. The summed E-state index contributed by atoms with van der Waals surface area (Å²) in [5.74, 6) is -3.06. The summed E-state index contributed by atoms with van der Waals surface area (Å²) in [5.41, 5.74) is 1.79. The van der Waals surface area contributed by atoms with E-state index in [-0.39, 0.29) is 26.1 Å². The zero-order valence-corrected chi connectivity index (χ0v) is 15.1. The summed E-state index contributed by atoms with van der Waals surface area (Å²) >= 11 is 6.26.